The number of hydrogen-bond acceptors (Lipinski definition) is 6. The molecule has 0 saturated carbocycles. The predicted molar refractivity (Wildman–Crippen MR) is 120 cm³/mol. The summed E-state index contributed by atoms with van der Waals surface area (Å²) in [6.07, 6.45) is 1.30. The zero-order valence-corrected chi connectivity index (χ0v) is 18.5. The van der Waals surface area contributed by atoms with Gasteiger partial charge in [-0.05, 0) is 37.1 Å². The summed E-state index contributed by atoms with van der Waals surface area (Å²) in [4.78, 5) is 12.5. The number of benzene rings is 2. The first-order valence-electron chi connectivity index (χ1n) is 10.7. The SMILES string of the molecule is COc1ccccc1C(=O)NCc1cc(F)c(-c2nn(C3CCOCC3)c(N)c2C#N)cc1F. The van der Waals surface area contributed by atoms with Crippen LogP contribution >= 0.6 is 0 Å². The van der Waals surface area contributed by atoms with Crippen molar-refractivity contribution in [1.29, 1.82) is 5.26 Å². The molecule has 1 fully saturated rings. The Balaban J connectivity index is 1.60. The van der Waals surface area contributed by atoms with Crippen LogP contribution in [0.2, 0.25) is 0 Å². The fraction of sp³-hybridized carbons (Fsp3) is 0.292. The van der Waals surface area contributed by atoms with E-state index >= 15 is 4.39 Å². The van der Waals surface area contributed by atoms with Crippen molar-refractivity contribution in [2.75, 3.05) is 26.1 Å². The lowest BCUT2D eigenvalue weighted by molar-refractivity contribution is 0.0669. The molecule has 0 radical (unpaired) electrons. The summed E-state index contributed by atoms with van der Waals surface area (Å²) >= 11 is 0. The molecule has 1 saturated heterocycles. The normalized spacial score (nSPS) is 13.9. The molecule has 3 aromatic rings. The van der Waals surface area contributed by atoms with Gasteiger partial charge in [-0.15, -0.1) is 0 Å². The number of nitrogen functional groups attached to an aromatic ring is 1. The van der Waals surface area contributed by atoms with E-state index in [1.165, 1.54) is 11.8 Å². The molecule has 3 N–H and O–H groups in total. The highest BCUT2D eigenvalue weighted by molar-refractivity contribution is 5.96. The molecule has 2 aromatic carbocycles. The van der Waals surface area contributed by atoms with E-state index < -0.39 is 17.5 Å². The van der Waals surface area contributed by atoms with Crippen LogP contribution in [0.4, 0.5) is 14.6 Å². The minimum Gasteiger partial charge on any atom is -0.496 e. The highest BCUT2D eigenvalue weighted by Gasteiger charge is 2.26. The van der Waals surface area contributed by atoms with E-state index in [0.29, 0.717) is 31.8 Å². The van der Waals surface area contributed by atoms with Gasteiger partial charge in [0.2, 0.25) is 0 Å². The van der Waals surface area contributed by atoms with Gasteiger partial charge in [-0.1, -0.05) is 12.1 Å². The summed E-state index contributed by atoms with van der Waals surface area (Å²) in [5.74, 6) is -1.55. The summed E-state index contributed by atoms with van der Waals surface area (Å²) < 4.78 is 42.0. The summed E-state index contributed by atoms with van der Waals surface area (Å²) in [5.41, 5.74) is 6.13. The number of nitrogens with one attached hydrogen (secondary N) is 1. The van der Waals surface area contributed by atoms with Gasteiger partial charge < -0.3 is 20.5 Å². The van der Waals surface area contributed by atoms with Crippen molar-refractivity contribution >= 4 is 11.7 Å². The number of hydrogen-bond donors (Lipinski definition) is 2. The fourth-order valence-electron chi connectivity index (χ4n) is 3.96. The Labute approximate surface area is 194 Å². The van der Waals surface area contributed by atoms with Crippen molar-refractivity contribution < 1.29 is 23.0 Å². The van der Waals surface area contributed by atoms with Gasteiger partial charge in [0.05, 0.1) is 18.7 Å². The number of halogens is 2. The number of rotatable bonds is 6. The molecule has 10 heteroatoms. The van der Waals surface area contributed by atoms with Crippen molar-refractivity contribution in [3.63, 3.8) is 0 Å². The number of nitriles is 1. The molecule has 1 amide bonds. The van der Waals surface area contributed by atoms with Crippen molar-refractivity contribution in [3.05, 3.63) is 64.7 Å². The van der Waals surface area contributed by atoms with Gasteiger partial charge in [-0.3, -0.25) is 4.79 Å². The van der Waals surface area contributed by atoms with Crippen molar-refractivity contribution in [1.82, 2.24) is 15.1 Å². The molecule has 0 aliphatic carbocycles. The zero-order valence-electron chi connectivity index (χ0n) is 18.5. The molecule has 0 spiro atoms. The Hall–Kier alpha value is -3.97. The van der Waals surface area contributed by atoms with E-state index in [9.17, 15) is 14.4 Å². The Morgan fingerprint density at radius 1 is 1.29 bits per heavy atom. The highest BCUT2D eigenvalue weighted by Crippen LogP contribution is 2.34. The monoisotopic (exact) mass is 467 g/mol. The lowest BCUT2D eigenvalue weighted by Crippen LogP contribution is -2.24. The lowest BCUT2D eigenvalue weighted by atomic mass is 10.0. The number of anilines is 1. The third kappa shape index (κ3) is 4.43. The van der Waals surface area contributed by atoms with E-state index in [4.69, 9.17) is 15.2 Å². The maximum Gasteiger partial charge on any atom is 0.255 e. The maximum absolute atomic E-state index is 15.1. The molecule has 4 rings (SSSR count). The molecule has 176 valence electrons. The topological polar surface area (TPSA) is 115 Å². The number of nitrogens with zero attached hydrogens (tertiary/aromatic N) is 3. The molecule has 0 atom stereocenters. The standard InChI is InChI=1S/C24H23F2N5O3/c1-33-21-5-3-2-4-16(21)24(32)29-13-14-10-20(26)17(11-19(14)25)22-18(12-27)23(28)31(30-22)15-6-8-34-9-7-15/h2-5,10-11,15H,6-9,13,28H2,1H3,(H,29,32). The largest absolute Gasteiger partial charge is 0.496 e. The van der Waals surface area contributed by atoms with Crippen LogP contribution < -0.4 is 15.8 Å². The van der Waals surface area contributed by atoms with E-state index in [1.54, 1.807) is 24.3 Å². The average molecular weight is 467 g/mol. The van der Waals surface area contributed by atoms with Gasteiger partial charge in [0.1, 0.15) is 40.5 Å². The van der Waals surface area contributed by atoms with Gasteiger partial charge in [-0.2, -0.15) is 10.4 Å². The number of aromatic nitrogens is 2. The summed E-state index contributed by atoms with van der Waals surface area (Å²) in [6.45, 7) is 0.808. The molecule has 1 aromatic heterocycles. The lowest BCUT2D eigenvalue weighted by Gasteiger charge is -2.23. The van der Waals surface area contributed by atoms with E-state index in [-0.39, 0.29) is 46.4 Å². The number of methoxy groups -OCH3 is 1. The van der Waals surface area contributed by atoms with Crippen molar-refractivity contribution in [2.45, 2.75) is 25.4 Å². The van der Waals surface area contributed by atoms with E-state index in [0.717, 1.165) is 12.1 Å². The second-order valence-corrected chi connectivity index (χ2v) is 7.82. The number of nitrogens with two attached hydrogens (primary N) is 1. The maximum atomic E-state index is 15.1. The van der Waals surface area contributed by atoms with Crippen molar-refractivity contribution in [3.8, 4) is 23.1 Å². The molecule has 0 bridgehead atoms. The van der Waals surface area contributed by atoms with Crippen molar-refractivity contribution in [2.24, 2.45) is 0 Å². The third-order valence-corrected chi connectivity index (χ3v) is 5.78. The second kappa shape index (κ2) is 9.89. The number of carbonyl (C=O) groups is 1. The highest BCUT2D eigenvalue weighted by atomic mass is 19.1. The van der Waals surface area contributed by atoms with Crippen LogP contribution in [-0.4, -0.2) is 36.0 Å². The molecule has 8 nitrogen and oxygen atoms in total. The minimum atomic E-state index is -0.781. The first kappa shape index (κ1) is 23.2. The minimum absolute atomic E-state index is 0.0120. The number of ether oxygens (including phenoxy) is 2. The molecule has 0 unspecified atom stereocenters. The smallest absolute Gasteiger partial charge is 0.255 e. The Bertz CT molecular complexity index is 1260. The van der Waals surface area contributed by atoms with Gasteiger partial charge in [0.25, 0.3) is 5.91 Å². The number of carbonyl (C=O) groups excluding carboxylic acids is 1. The Kier molecular flexibility index (Phi) is 6.75. The molecule has 2 heterocycles. The van der Waals surface area contributed by atoms with Gasteiger partial charge >= 0.3 is 0 Å². The zero-order chi connectivity index (χ0) is 24.2. The summed E-state index contributed by atoms with van der Waals surface area (Å²) in [5, 5.41) is 16.5. The molecular formula is C24H23F2N5O3. The quantitative estimate of drug-likeness (QED) is 0.573. The first-order valence-corrected chi connectivity index (χ1v) is 10.7. The van der Waals surface area contributed by atoms with Crippen LogP contribution in [0.3, 0.4) is 0 Å². The van der Waals surface area contributed by atoms with Crippen LogP contribution in [0.25, 0.3) is 11.3 Å². The summed E-state index contributed by atoms with van der Waals surface area (Å²) in [7, 11) is 1.44. The fourth-order valence-corrected chi connectivity index (χ4v) is 3.96. The van der Waals surface area contributed by atoms with Gasteiger partial charge in [0.15, 0.2) is 0 Å². The second-order valence-electron chi connectivity index (χ2n) is 7.82. The first-order chi connectivity index (χ1) is 16.4. The van der Waals surface area contributed by atoms with E-state index in [1.807, 2.05) is 6.07 Å². The van der Waals surface area contributed by atoms with Gasteiger partial charge in [0, 0.05) is 30.9 Å². The van der Waals surface area contributed by atoms with Crippen LogP contribution in [0, 0.1) is 23.0 Å². The average Bonchev–Trinajstić information content (AvgIpc) is 3.20. The Morgan fingerprint density at radius 2 is 2.03 bits per heavy atom. The molecular weight excluding hydrogens is 444 g/mol. The molecule has 1 aliphatic rings. The van der Waals surface area contributed by atoms with Crippen LogP contribution in [-0.2, 0) is 11.3 Å². The predicted octanol–water partition coefficient (Wildman–Crippen LogP) is 3.57. The van der Waals surface area contributed by atoms with E-state index in [2.05, 4.69) is 10.4 Å². The number of para-hydroxylation sites is 1. The van der Waals surface area contributed by atoms with Crippen LogP contribution in [0.1, 0.15) is 40.4 Å². The molecule has 1 aliphatic heterocycles. The third-order valence-electron chi connectivity index (χ3n) is 5.78. The van der Waals surface area contributed by atoms with Gasteiger partial charge in [-0.25, -0.2) is 13.5 Å². The van der Waals surface area contributed by atoms with Crippen LogP contribution in [0.5, 0.6) is 5.75 Å². The number of amides is 1. The Morgan fingerprint density at radius 3 is 2.74 bits per heavy atom. The summed E-state index contributed by atoms with van der Waals surface area (Å²) in [6, 6.07) is 10.4. The van der Waals surface area contributed by atoms with Crippen LogP contribution in [0.15, 0.2) is 36.4 Å². The molecule has 34 heavy (non-hydrogen) atoms.